The first-order valence-corrected chi connectivity index (χ1v) is 11.4. The molecule has 1 aromatic rings. The average Bonchev–Trinajstić information content (AvgIpc) is 2.75. The van der Waals surface area contributed by atoms with Crippen LogP contribution in [-0.4, -0.2) is 67.0 Å². The highest BCUT2D eigenvalue weighted by molar-refractivity contribution is 7.99. The fourth-order valence-electron chi connectivity index (χ4n) is 3.22. The van der Waals surface area contributed by atoms with Gasteiger partial charge in [0.25, 0.3) is 0 Å². The van der Waals surface area contributed by atoms with Crippen LogP contribution < -0.4 is 5.32 Å². The molecule has 11 heteroatoms. The second-order valence-corrected chi connectivity index (χ2v) is 8.65. The molecule has 0 bridgehead atoms. The van der Waals surface area contributed by atoms with Gasteiger partial charge in [-0.05, 0) is 19.1 Å². The summed E-state index contributed by atoms with van der Waals surface area (Å²) in [7, 11) is 0. The Morgan fingerprint density at radius 3 is 2.18 bits per heavy atom. The number of amides is 1. The minimum absolute atomic E-state index is 0.0458. The molecule has 0 saturated carbocycles. The Morgan fingerprint density at radius 1 is 1.00 bits per heavy atom. The molecule has 34 heavy (non-hydrogen) atoms. The highest BCUT2D eigenvalue weighted by Gasteiger charge is 2.51. The molecule has 0 radical (unpaired) electrons. The number of hydrogen-bond donors (Lipinski definition) is 1. The van der Waals surface area contributed by atoms with E-state index in [1.807, 2.05) is 31.2 Å². The lowest BCUT2D eigenvalue weighted by atomic mass is 9.97. The summed E-state index contributed by atoms with van der Waals surface area (Å²) in [5, 5.41) is 2.65. The monoisotopic (exact) mass is 495 g/mol. The molecule has 1 fully saturated rings. The molecule has 1 amide bonds. The molecule has 0 aliphatic carbocycles. The highest BCUT2D eigenvalue weighted by atomic mass is 32.2. The molecule has 1 aliphatic rings. The number of rotatable bonds is 9. The van der Waals surface area contributed by atoms with Gasteiger partial charge in [-0.3, -0.25) is 14.4 Å². The van der Waals surface area contributed by atoms with E-state index in [0.717, 1.165) is 10.5 Å². The summed E-state index contributed by atoms with van der Waals surface area (Å²) in [4.78, 5) is 48.5. The number of aryl methyl sites for hydroxylation is 1. The maximum Gasteiger partial charge on any atom is 0.407 e. The van der Waals surface area contributed by atoms with Crippen molar-refractivity contribution >= 4 is 35.8 Å². The van der Waals surface area contributed by atoms with Crippen molar-refractivity contribution in [1.82, 2.24) is 5.32 Å². The van der Waals surface area contributed by atoms with Gasteiger partial charge >= 0.3 is 24.0 Å². The summed E-state index contributed by atoms with van der Waals surface area (Å²) in [5.74, 6) is -1.90. The molecule has 1 heterocycles. The van der Waals surface area contributed by atoms with E-state index in [0.29, 0.717) is 0 Å². The van der Waals surface area contributed by atoms with E-state index in [4.69, 9.17) is 23.7 Å². The van der Waals surface area contributed by atoms with Crippen molar-refractivity contribution in [1.29, 1.82) is 0 Å². The number of carbonyl (C=O) groups excluding carboxylic acids is 4. The van der Waals surface area contributed by atoms with Crippen LogP contribution >= 0.6 is 11.8 Å². The lowest BCUT2D eigenvalue weighted by molar-refractivity contribution is -0.211. The minimum atomic E-state index is -1.17. The maximum atomic E-state index is 12.4. The number of benzene rings is 1. The molecule has 1 saturated heterocycles. The molecule has 0 aromatic heterocycles. The SMILES string of the molecule is C=CCOC(=O)N[C@@H]1[C@@H](OC(C)=O)[C@H](OC(C)=O)[C@@H](COC(C)=O)O[C@H]1Sc1ccc(C)cc1. The number of carbonyl (C=O) groups is 4. The maximum absolute atomic E-state index is 12.4. The van der Waals surface area contributed by atoms with Crippen LogP contribution in [-0.2, 0) is 38.1 Å². The summed E-state index contributed by atoms with van der Waals surface area (Å²) < 4.78 is 27.2. The predicted molar refractivity (Wildman–Crippen MR) is 122 cm³/mol. The quantitative estimate of drug-likeness (QED) is 0.310. The van der Waals surface area contributed by atoms with Gasteiger partial charge < -0.3 is 29.0 Å². The Morgan fingerprint density at radius 2 is 1.62 bits per heavy atom. The van der Waals surface area contributed by atoms with Crippen LogP contribution in [0.15, 0.2) is 41.8 Å². The zero-order chi connectivity index (χ0) is 25.3. The first-order chi connectivity index (χ1) is 16.1. The summed E-state index contributed by atoms with van der Waals surface area (Å²) in [5.41, 5.74) is 0.229. The second kappa shape index (κ2) is 13.0. The first kappa shape index (κ1) is 27.2. The normalized spacial score (nSPS) is 23.8. The van der Waals surface area contributed by atoms with E-state index >= 15 is 0 Å². The van der Waals surface area contributed by atoms with Crippen molar-refractivity contribution in [2.24, 2.45) is 0 Å². The molecule has 1 aromatic carbocycles. The number of thioether (sulfide) groups is 1. The molecular formula is C23H29NO9S. The minimum Gasteiger partial charge on any atom is -0.463 e. The Balaban J connectivity index is 2.45. The van der Waals surface area contributed by atoms with Gasteiger partial charge in [-0.1, -0.05) is 42.1 Å². The summed E-state index contributed by atoms with van der Waals surface area (Å²) in [6.45, 7) is 8.74. The number of ether oxygens (including phenoxy) is 5. The second-order valence-electron chi connectivity index (χ2n) is 7.48. The fraction of sp³-hybridized carbons (Fsp3) is 0.478. The van der Waals surface area contributed by atoms with Crippen molar-refractivity contribution in [3.05, 3.63) is 42.5 Å². The van der Waals surface area contributed by atoms with Crippen LogP contribution in [0.5, 0.6) is 0 Å². The molecule has 2 rings (SSSR count). The Hall–Kier alpha value is -3.05. The third-order valence-corrected chi connectivity index (χ3v) is 5.77. The van der Waals surface area contributed by atoms with Crippen molar-refractivity contribution in [3.63, 3.8) is 0 Å². The van der Waals surface area contributed by atoms with E-state index in [1.54, 1.807) is 0 Å². The van der Waals surface area contributed by atoms with Crippen LogP contribution in [0.1, 0.15) is 26.3 Å². The van der Waals surface area contributed by atoms with E-state index in [-0.39, 0.29) is 13.2 Å². The van der Waals surface area contributed by atoms with Crippen molar-refractivity contribution < 1.29 is 42.9 Å². The van der Waals surface area contributed by atoms with E-state index in [9.17, 15) is 19.2 Å². The van der Waals surface area contributed by atoms with Crippen LogP contribution in [0.3, 0.4) is 0 Å². The van der Waals surface area contributed by atoms with Crippen LogP contribution in [0, 0.1) is 6.92 Å². The van der Waals surface area contributed by atoms with Gasteiger partial charge in [0.1, 0.15) is 30.8 Å². The lowest BCUT2D eigenvalue weighted by Crippen LogP contribution is -2.65. The van der Waals surface area contributed by atoms with Gasteiger partial charge in [0.2, 0.25) is 0 Å². The summed E-state index contributed by atoms with van der Waals surface area (Å²) in [6.07, 6.45) is -2.70. The molecule has 10 nitrogen and oxygen atoms in total. The van der Waals surface area contributed by atoms with Gasteiger partial charge in [-0.15, -0.1) is 0 Å². The van der Waals surface area contributed by atoms with Gasteiger partial charge in [0.05, 0.1) is 0 Å². The lowest BCUT2D eigenvalue weighted by Gasteiger charge is -2.44. The summed E-state index contributed by atoms with van der Waals surface area (Å²) in [6, 6.07) is 6.58. The Labute approximate surface area is 202 Å². The van der Waals surface area contributed by atoms with Crippen LogP contribution in [0.4, 0.5) is 4.79 Å². The Kier molecular flexibility index (Phi) is 10.4. The van der Waals surface area contributed by atoms with Crippen LogP contribution in [0.2, 0.25) is 0 Å². The fourth-order valence-corrected chi connectivity index (χ4v) is 4.35. The van der Waals surface area contributed by atoms with Gasteiger partial charge in [0, 0.05) is 25.7 Å². The highest BCUT2D eigenvalue weighted by Crippen LogP contribution is 2.36. The molecule has 0 unspecified atom stereocenters. The topological polar surface area (TPSA) is 126 Å². The molecule has 0 spiro atoms. The third kappa shape index (κ3) is 8.38. The molecule has 5 atom stereocenters. The molecule has 1 aliphatic heterocycles. The summed E-state index contributed by atoms with van der Waals surface area (Å²) >= 11 is 1.25. The number of esters is 3. The molecule has 186 valence electrons. The molecular weight excluding hydrogens is 466 g/mol. The number of nitrogens with one attached hydrogen (secondary N) is 1. The molecule has 1 N–H and O–H groups in total. The van der Waals surface area contributed by atoms with Crippen molar-refractivity contribution in [2.45, 2.75) is 62.4 Å². The standard InChI is InChI=1S/C23H29NO9S/c1-6-11-29-23(28)24-19-21(32-16(5)27)20(31-15(4)26)18(12-30-14(3)25)33-22(19)34-17-9-7-13(2)8-10-17/h6-10,18-22H,1,11-12H2,2-5H3,(H,24,28)/t18-,19-,20-,21-,22+/m1/s1. The number of hydrogen-bond acceptors (Lipinski definition) is 10. The smallest absolute Gasteiger partial charge is 0.407 e. The van der Waals surface area contributed by atoms with E-state index in [1.165, 1.54) is 38.6 Å². The third-order valence-electron chi connectivity index (χ3n) is 4.59. The zero-order valence-corrected chi connectivity index (χ0v) is 20.3. The van der Waals surface area contributed by atoms with Gasteiger partial charge in [-0.2, -0.15) is 0 Å². The van der Waals surface area contributed by atoms with Gasteiger partial charge in [-0.25, -0.2) is 4.79 Å². The largest absolute Gasteiger partial charge is 0.463 e. The van der Waals surface area contributed by atoms with E-state index < -0.39 is 53.8 Å². The zero-order valence-electron chi connectivity index (χ0n) is 19.5. The van der Waals surface area contributed by atoms with Crippen molar-refractivity contribution in [2.75, 3.05) is 13.2 Å². The Bertz CT molecular complexity index is 889. The predicted octanol–water partition coefficient (Wildman–Crippen LogP) is 2.52. The van der Waals surface area contributed by atoms with E-state index in [2.05, 4.69) is 11.9 Å². The average molecular weight is 496 g/mol. The van der Waals surface area contributed by atoms with Crippen molar-refractivity contribution in [3.8, 4) is 0 Å². The number of alkyl carbamates (subject to hydrolysis) is 1. The van der Waals surface area contributed by atoms with Crippen LogP contribution in [0.25, 0.3) is 0 Å². The van der Waals surface area contributed by atoms with Gasteiger partial charge in [0.15, 0.2) is 12.2 Å². The first-order valence-electron chi connectivity index (χ1n) is 10.5.